The van der Waals surface area contributed by atoms with Crippen LogP contribution in [0.25, 0.3) is 11.1 Å². The van der Waals surface area contributed by atoms with Gasteiger partial charge in [0.25, 0.3) is 5.91 Å². The summed E-state index contributed by atoms with van der Waals surface area (Å²) in [6.45, 7) is -0.250. The summed E-state index contributed by atoms with van der Waals surface area (Å²) in [5.74, 6) is -11.3. The summed E-state index contributed by atoms with van der Waals surface area (Å²) in [5.41, 5.74) is 2.94. The minimum atomic E-state index is -2.34. The molecule has 4 aromatic carbocycles. The van der Waals surface area contributed by atoms with Gasteiger partial charge in [0.05, 0.1) is 25.4 Å². The number of amides is 1. The zero-order valence-electron chi connectivity index (χ0n) is 24.3. The number of hydrogen-bond acceptors (Lipinski definition) is 6. The van der Waals surface area contributed by atoms with Gasteiger partial charge in [0.1, 0.15) is 5.56 Å². The van der Waals surface area contributed by atoms with Gasteiger partial charge in [-0.3, -0.25) is 4.79 Å². The van der Waals surface area contributed by atoms with Crippen molar-refractivity contribution in [3.8, 4) is 11.1 Å². The quantitative estimate of drug-likeness (QED) is 0.0716. The number of rotatable bonds is 11. The van der Waals surface area contributed by atoms with Crippen molar-refractivity contribution in [3.63, 3.8) is 0 Å². The molecule has 0 aromatic heterocycles. The zero-order valence-corrected chi connectivity index (χ0v) is 25.1. The summed E-state index contributed by atoms with van der Waals surface area (Å²) in [6.07, 6.45) is -0.545. The molecule has 0 saturated carbocycles. The molecule has 3 N–H and O–H groups in total. The monoisotopic (exact) mass is 659 g/mol. The SMILES string of the molecule is O=C(NCc1cccc(-c2cccc(C3OC(CSCCO)CC(c4ccc(CO)cc4)O3)c2)c1)c1c(F)c(F)c(F)c(F)c1F. The van der Waals surface area contributed by atoms with E-state index in [0.717, 1.165) is 27.8 Å². The summed E-state index contributed by atoms with van der Waals surface area (Å²) in [6, 6.07) is 21.9. The third kappa shape index (κ3) is 7.59. The van der Waals surface area contributed by atoms with Crippen LogP contribution < -0.4 is 5.32 Å². The lowest BCUT2D eigenvalue weighted by molar-refractivity contribution is -0.245. The minimum Gasteiger partial charge on any atom is -0.396 e. The molecule has 3 unspecified atom stereocenters. The number of hydrogen-bond donors (Lipinski definition) is 3. The number of aliphatic hydroxyl groups is 2. The first-order valence-electron chi connectivity index (χ1n) is 14.4. The Morgan fingerprint density at radius 2 is 1.43 bits per heavy atom. The molecule has 0 aliphatic carbocycles. The van der Waals surface area contributed by atoms with Crippen molar-refractivity contribution in [2.75, 3.05) is 18.1 Å². The Bertz CT molecular complexity index is 1660. The fourth-order valence-corrected chi connectivity index (χ4v) is 5.88. The van der Waals surface area contributed by atoms with Gasteiger partial charge < -0.3 is 25.0 Å². The molecule has 46 heavy (non-hydrogen) atoms. The predicted octanol–water partition coefficient (Wildman–Crippen LogP) is 6.74. The second kappa shape index (κ2) is 15.2. The lowest BCUT2D eigenvalue weighted by atomic mass is 9.99. The largest absolute Gasteiger partial charge is 0.396 e. The predicted molar refractivity (Wildman–Crippen MR) is 162 cm³/mol. The highest BCUT2D eigenvalue weighted by molar-refractivity contribution is 7.99. The van der Waals surface area contributed by atoms with Crippen LogP contribution in [0.3, 0.4) is 0 Å². The van der Waals surface area contributed by atoms with Gasteiger partial charge in [-0.1, -0.05) is 60.7 Å². The van der Waals surface area contributed by atoms with Crippen LogP contribution in [0.1, 0.15) is 51.4 Å². The van der Waals surface area contributed by atoms with E-state index in [1.54, 1.807) is 30.0 Å². The molecule has 1 saturated heterocycles. The first-order chi connectivity index (χ1) is 22.2. The second-order valence-corrected chi connectivity index (χ2v) is 11.8. The van der Waals surface area contributed by atoms with Gasteiger partial charge in [-0.25, -0.2) is 22.0 Å². The van der Waals surface area contributed by atoms with E-state index in [0.29, 0.717) is 23.5 Å². The molecule has 12 heteroatoms. The van der Waals surface area contributed by atoms with Crippen molar-refractivity contribution in [1.82, 2.24) is 5.32 Å². The van der Waals surface area contributed by atoms with Crippen LogP contribution in [-0.4, -0.2) is 40.3 Å². The van der Waals surface area contributed by atoms with Crippen LogP contribution in [0.5, 0.6) is 0 Å². The van der Waals surface area contributed by atoms with Crippen molar-refractivity contribution < 1.29 is 46.4 Å². The van der Waals surface area contributed by atoms with Gasteiger partial charge in [0, 0.05) is 30.0 Å². The van der Waals surface area contributed by atoms with E-state index in [-0.39, 0.29) is 32.0 Å². The van der Waals surface area contributed by atoms with Crippen LogP contribution in [0, 0.1) is 29.1 Å². The Hall–Kier alpha value is -3.81. The molecular weight excluding hydrogens is 629 g/mol. The second-order valence-electron chi connectivity index (χ2n) is 10.6. The maximum absolute atomic E-state index is 14.1. The Morgan fingerprint density at radius 1 is 0.783 bits per heavy atom. The van der Waals surface area contributed by atoms with Gasteiger partial charge in [0.15, 0.2) is 29.6 Å². The third-order valence-electron chi connectivity index (χ3n) is 7.46. The maximum Gasteiger partial charge on any atom is 0.257 e. The Balaban J connectivity index is 1.33. The summed E-state index contributed by atoms with van der Waals surface area (Å²) in [7, 11) is 0. The van der Waals surface area contributed by atoms with E-state index in [4.69, 9.17) is 9.47 Å². The van der Waals surface area contributed by atoms with Crippen molar-refractivity contribution >= 4 is 17.7 Å². The summed E-state index contributed by atoms with van der Waals surface area (Å²) in [5, 5.41) is 20.9. The lowest BCUT2D eigenvalue weighted by Crippen LogP contribution is -2.31. The maximum atomic E-state index is 14.1. The average Bonchev–Trinajstić information content (AvgIpc) is 3.09. The van der Waals surface area contributed by atoms with Gasteiger partial charge in [-0.15, -0.1) is 0 Å². The first-order valence-corrected chi connectivity index (χ1v) is 15.5. The molecule has 1 amide bonds. The fraction of sp³-hybridized carbons (Fsp3) is 0.265. The molecule has 0 spiro atoms. The summed E-state index contributed by atoms with van der Waals surface area (Å²) < 4.78 is 81.5. The smallest absolute Gasteiger partial charge is 0.257 e. The molecule has 4 aromatic rings. The number of ether oxygens (including phenoxy) is 2. The van der Waals surface area contributed by atoms with Crippen LogP contribution in [0.2, 0.25) is 0 Å². The highest BCUT2D eigenvalue weighted by Crippen LogP contribution is 2.39. The molecule has 1 aliphatic heterocycles. The van der Waals surface area contributed by atoms with Crippen molar-refractivity contribution in [3.05, 3.63) is 130 Å². The number of carbonyl (C=O) groups is 1. The van der Waals surface area contributed by atoms with E-state index in [2.05, 4.69) is 5.32 Å². The summed E-state index contributed by atoms with van der Waals surface area (Å²) in [4.78, 5) is 12.4. The molecule has 1 fully saturated rings. The van der Waals surface area contributed by atoms with E-state index in [1.165, 1.54) is 0 Å². The number of nitrogens with one attached hydrogen (secondary N) is 1. The van der Waals surface area contributed by atoms with Gasteiger partial charge in [0.2, 0.25) is 5.82 Å². The average molecular weight is 660 g/mol. The Labute approximate surface area is 266 Å². The molecule has 242 valence electrons. The number of benzene rings is 4. The standard InChI is InChI=1S/C34H30F5NO5S/c35-28-27(29(36)31(38)32(39)30(28)37)33(43)40-16-20-3-1-4-22(13-20)23-5-2-6-24(14-23)34-44-25(18-46-12-11-41)15-26(45-34)21-9-7-19(17-42)8-10-21/h1-10,13-14,25-26,34,41-42H,11-12,15-18H2,(H,40,43). The molecule has 1 aliphatic rings. The lowest BCUT2D eigenvalue weighted by Gasteiger charge is -2.36. The Kier molecular flexibility index (Phi) is 11.1. The van der Waals surface area contributed by atoms with Crippen molar-refractivity contribution in [1.29, 1.82) is 0 Å². The topological polar surface area (TPSA) is 88.0 Å². The minimum absolute atomic E-state index is 0.0608. The third-order valence-corrected chi connectivity index (χ3v) is 8.54. The van der Waals surface area contributed by atoms with E-state index < -0.39 is 46.8 Å². The van der Waals surface area contributed by atoms with Gasteiger partial charge >= 0.3 is 0 Å². The van der Waals surface area contributed by atoms with E-state index in [1.807, 2.05) is 54.6 Å². The van der Waals surface area contributed by atoms with E-state index >= 15 is 0 Å². The highest BCUT2D eigenvalue weighted by Gasteiger charge is 2.32. The molecule has 0 radical (unpaired) electrons. The number of thioether (sulfide) groups is 1. The highest BCUT2D eigenvalue weighted by atomic mass is 32.2. The molecular formula is C34H30F5NO5S. The van der Waals surface area contributed by atoms with Gasteiger partial charge in [-0.2, -0.15) is 11.8 Å². The van der Waals surface area contributed by atoms with Crippen molar-refractivity contribution in [2.24, 2.45) is 0 Å². The van der Waals surface area contributed by atoms with Crippen LogP contribution >= 0.6 is 11.8 Å². The van der Waals surface area contributed by atoms with E-state index in [9.17, 15) is 37.0 Å². The van der Waals surface area contributed by atoms with Crippen molar-refractivity contribution in [2.45, 2.75) is 38.1 Å². The first kappa shape index (κ1) is 33.6. The number of carbonyl (C=O) groups excluding carboxylic acids is 1. The summed E-state index contributed by atoms with van der Waals surface area (Å²) >= 11 is 1.58. The number of aliphatic hydroxyl groups excluding tert-OH is 2. The molecule has 3 atom stereocenters. The van der Waals surface area contributed by atoms with Crippen LogP contribution in [-0.2, 0) is 22.6 Å². The molecule has 6 nitrogen and oxygen atoms in total. The van der Waals surface area contributed by atoms with Gasteiger partial charge in [-0.05, 0) is 39.9 Å². The Morgan fingerprint density at radius 3 is 2.11 bits per heavy atom. The normalized spacial score (nSPS) is 18.0. The van der Waals surface area contributed by atoms with Crippen LogP contribution in [0.15, 0.2) is 72.8 Å². The zero-order chi connectivity index (χ0) is 32.8. The van der Waals surface area contributed by atoms with Crippen LogP contribution in [0.4, 0.5) is 22.0 Å². The molecule has 1 heterocycles. The molecule has 0 bridgehead atoms. The molecule has 5 rings (SSSR count). The number of halogens is 5. The fourth-order valence-electron chi connectivity index (χ4n) is 5.10.